The number of carbonyl (C=O) groups excluding carboxylic acids is 1. The lowest BCUT2D eigenvalue weighted by atomic mass is 9.96. The zero-order chi connectivity index (χ0) is 33.2. The van der Waals surface area contributed by atoms with E-state index >= 15 is 4.39 Å². The van der Waals surface area contributed by atoms with E-state index in [0.717, 1.165) is 35.8 Å². The fraction of sp³-hybridized carbons (Fsp3) is 0.400. The minimum absolute atomic E-state index is 0.0600. The van der Waals surface area contributed by atoms with E-state index in [1.54, 1.807) is 0 Å². The third kappa shape index (κ3) is 6.33. The number of ether oxygens (including phenoxy) is 1. The van der Waals surface area contributed by atoms with Crippen LogP contribution in [0.5, 0.6) is 6.01 Å². The number of benzene rings is 2. The Morgan fingerprint density at radius 1 is 1.21 bits per heavy atom. The van der Waals surface area contributed by atoms with Gasteiger partial charge in [-0.3, -0.25) is 4.79 Å². The molecule has 0 unspecified atom stereocenters. The molecular formula is C35H36ClFN8O3. The van der Waals surface area contributed by atoms with Gasteiger partial charge in [0.05, 0.1) is 41.6 Å². The van der Waals surface area contributed by atoms with Crippen molar-refractivity contribution in [3.63, 3.8) is 0 Å². The third-order valence-electron chi connectivity index (χ3n) is 9.46. The van der Waals surface area contributed by atoms with Crippen molar-refractivity contribution < 1.29 is 18.3 Å². The van der Waals surface area contributed by atoms with Crippen LogP contribution in [0.2, 0.25) is 5.02 Å². The van der Waals surface area contributed by atoms with Crippen LogP contribution in [0.3, 0.4) is 0 Å². The number of rotatable bonds is 8. The average Bonchev–Trinajstić information content (AvgIpc) is 3.79. The molecule has 3 aliphatic heterocycles. The lowest BCUT2D eigenvalue weighted by Gasteiger charge is -2.33. The van der Waals surface area contributed by atoms with E-state index < -0.39 is 11.7 Å². The summed E-state index contributed by atoms with van der Waals surface area (Å²) in [6, 6.07) is 14.1. The topological polar surface area (TPSA) is 124 Å². The minimum atomic E-state index is -1.03. The molecule has 0 bridgehead atoms. The van der Waals surface area contributed by atoms with Crippen molar-refractivity contribution in [3.8, 4) is 12.1 Å². The first-order valence-electron chi connectivity index (χ1n) is 16.3. The Morgan fingerprint density at radius 3 is 2.83 bits per heavy atom. The van der Waals surface area contributed by atoms with E-state index in [1.807, 2.05) is 36.4 Å². The molecule has 5 heterocycles. The van der Waals surface area contributed by atoms with E-state index in [1.165, 1.54) is 17.4 Å². The number of amides is 1. The van der Waals surface area contributed by atoms with Gasteiger partial charge < -0.3 is 29.2 Å². The molecule has 2 aromatic heterocycles. The summed E-state index contributed by atoms with van der Waals surface area (Å²) in [7, 11) is 2.06. The monoisotopic (exact) mass is 670 g/mol. The first kappa shape index (κ1) is 32.0. The summed E-state index contributed by atoms with van der Waals surface area (Å²) >= 11 is 6.70. The lowest BCUT2D eigenvalue weighted by Crippen LogP contribution is -2.52. The molecule has 2 saturated heterocycles. The first-order valence-corrected chi connectivity index (χ1v) is 16.6. The van der Waals surface area contributed by atoms with Crippen LogP contribution in [0.1, 0.15) is 42.1 Å². The molecule has 4 aromatic rings. The molecule has 3 aliphatic rings. The lowest BCUT2D eigenvalue weighted by molar-refractivity contribution is -0.129. The van der Waals surface area contributed by atoms with Gasteiger partial charge in [0.15, 0.2) is 0 Å². The number of hydrogen-bond acceptors (Lipinski definition) is 10. The number of likely N-dealkylation sites (tertiary alicyclic amines) is 1. The normalized spacial score (nSPS) is 20.4. The first-order chi connectivity index (χ1) is 23.4. The largest absolute Gasteiger partial charge is 0.462 e. The Kier molecular flexibility index (Phi) is 9.26. The number of fused-ring (bicyclic) bond motifs is 2. The fourth-order valence-electron chi connectivity index (χ4n) is 6.93. The van der Waals surface area contributed by atoms with Gasteiger partial charge in [-0.15, -0.1) is 0 Å². The molecule has 0 aliphatic carbocycles. The van der Waals surface area contributed by atoms with E-state index in [-0.39, 0.29) is 48.2 Å². The summed E-state index contributed by atoms with van der Waals surface area (Å²) in [5.41, 5.74) is 2.41. The predicted octanol–water partition coefficient (Wildman–Crippen LogP) is 4.75. The number of piperazine rings is 1. The number of aromatic nitrogens is 3. The van der Waals surface area contributed by atoms with Crippen LogP contribution >= 0.6 is 11.6 Å². The zero-order valence-corrected chi connectivity index (χ0v) is 27.4. The Balaban J connectivity index is 1.31. The van der Waals surface area contributed by atoms with Gasteiger partial charge in [-0.25, -0.2) is 4.98 Å². The maximum atomic E-state index is 16.7. The standard InChI is InChI=1S/C35H36ClFN8O3/c1-43-15-4-7-24(43)21-48-35-41-27-20-44(28-9-3-6-22-5-2-8-26(36)29(22)28)16-11-25(27)32(42-35)30(33-40-14-18-47-33)31(37)34(46)45-17-13-39-23(19-45)10-12-38/h2-3,5-6,8-9,14,18,23-24,39H,4,7,10-11,13,15-17,19-21H2,1H3/b31-30-/t23-,24-/m0/s1. The van der Waals surface area contributed by atoms with Crippen LogP contribution in [0, 0.1) is 11.3 Å². The van der Waals surface area contributed by atoms with E-state index in [4.69, 9.17) is 30.7 Å². The van der Waals surface area contributed by atoms with Crippen LogP contribution in [0.25, 0.3) is 16.3 Å². The number of nitrogens with one attached hydrogen (secondary N) is 1. The number of nitriles is 1. The van der Waals surface area contributed by atoms with Gasteiger partial charge in [0, 0.05) is 54.9 Å². The van der Waals surface area contributed by atoms with Crippen LogP contribution in [0.15, 0.2) is 59.1 Å². The SMILES string of the molecule is CN1CCC[C@H]1COc1nc2c(c(/C(=C(/F)C(=O)N3CCN[C@@H](CC#N)C3)c3ncco3)n1)CCN(c1cccc3cccc(Cl)c13)C2. The summed E-state index contributed by atoms with van der Waals surface area (Å²) in [5.74, 6) is -1.89. The van der Waals surface area contributed by atoms with Crippen LogP contribution < -0.4 is 15.0 Å². The second-order valence-corrected chi connectivity index (χ2v) is 12.9. The predicted molar refractivity (Wildman–Crippen MR) is 179 cm³/mol. The maximum absolute atomic E-state index is 16.7. The molecule has 0 radical (unpaired) electrons. The summed E-state index contributed by atoms with van der Waals surface area (Å²) in [6.45, 7) is 3.26. The second-order valence-electron chi connectivity index (χ2n) is 12.4. The quantitative estimate of drug-likeness (QED) is 0.263. The highest BCUT2D eigenvalue weighted by Gasteiger charge is 2.34. The maximum Gasteiger partial charge on any atom is 0.317 e. The Bertz CT molecular complexity index is 1890. The molecule has 0 spiro atoms. The third-order valence-corrected chi connectivity index (χ3v) is 9.78. The molecule has 1 amide bonds. The van der Waals surface area contributed by atoms with Crippen molar-refractivity contribution in [2.75, 3.05) is 51.3 Å². The molecular weight excluding hydrogens is 635 g/mol. The summed E-state index contributed by atoms with van der Waals surface area (Å²) in [6.07, 6.45) is 5.49. The van der Waals surface area contributed by atoms with Crippen molar-refractivity contribution in [3.05, 3.63) is 82.5 Å². The van der Waals surface area contributed by atoms with E-state index in [9.17, 15) is 10.1 Å². The number of halogens is 2. The second kappa shape index (κ2) is 13.9. The molecule has 248 valence electrons. The average molecular weight is 671 g/mol. The highest BCUT2D eigenvalue weighted by molar-refractivity contribution is 6.36. The molecule has 7 rings (SSSR count). The number of hydrogen-bond donors (Lipinski definition) is 1. The van der Waals surface area contributed by atoms with Crippen molar-refractivity contribution >= 4 is 39.5 Å². The van der Waals surface area contributed by atoms with E-state index in [2.05, 4.69) is 33.2 Å². The van der Waals surface area contributed by atoms with Gasteiger partial charge in [0.2, 0.25) is 11.7 Å². The number of anilines is 1. The molecule has 11 nitrogen and oxygen atoms in total. The van der Waals surface area contributed by atoms with Crippen molar-refractivity contribution in [2.24, 2.45) is 0 Å². The fourth-order valence-corrected chi connectivity index (χ4v) is 7.21. The molecule has 13 heteroatoms. The highest BCUT2D eigenvalue weighted by Crippen LogP contribution is 2.38. The van der Waals surface area contributed by atoms with Crippen molar-refractivity contribution in [1.29, 1.82) is 5.26 Å². The molecule has 2 aromatic carbocycles. The Labute approximate surface area is 283 Å². The number of carbonyl (C=O) groups is 1. The minimum Gasteiger partial charge on any atom is -0.462 e. The Hall–Kier alpha value is -4.57. The van der Waals surface area contributed by atoms with Crippen molar-refractivity contribution in [2.45, 2.75) is 44.3 Å². The summed E-state index contributed by atoms with van der Waals surface area (Å²) < 4.78 is 28.6. The van der Waals surface area contributed by atoms with Gasteiger partial charge in [0.25, 0.3) is 5.91 Å². The van der Waals surface area contributed by atoms with Gasteiger partial charge in [-0.2, -0.15) is 19.6 Å². The van der Waals surface area contributed by atoms with E-state index in [0.29, 0.717) is 55.5 Å². The van der Waals surface area contributed by atoms with Gasteiger partial charge in [-0.05, 0) is 50.4 Å². The molecule has 2 fully saturated rings. The molecule has 48 heavy (non-hydrogen) atoms. The molecule has 2 atom stereocenters. The molecule has 0 saturated carbocycles. The molecule has 1 N–H and O–H groups in total. The number of oxazole rings is 1. The zero-order valence-electron chi connectivity index (χ0n) is 26.7. The van der Waals surface area contributed by atoms with Crippen LogP contribution in [-0.4, -0.2) is 89.1 Å². The van der Waals surface area contributed by atoms with Crippen molar-refractivity contribution in [1.82, 2.24) is 30.1 Å². The highest BCUT2D eigenvalue weighted by atomic mass is 35.5. The number of likely N-dealkylation sites (N-methyl/N-ethyl adjacent to an activating group) is 1. The summed E-state index contributed by atoms with van der Waals surface area (Å²) in [4.78, 5) is 33.5. The smallest absolute Gasteiger partial charge is 0.317 e. The summed E-state index contributed by atoms with van der Waals surface area (Å²) in [5, 5.41) is 15.0. The number of nitrogens with zero attached hydrogens (tertiary/aromatic N) is 7. The van der Waals surface area contributed by atoms with Gasteiger partial charge in [-0.1, -0.05) is 35.9 Å². The van der Waals surface area contributed by atoms with Crippen LogP contribution in [-0.2, 0) is 17.8 Å². The Morgan fingerprint density at radius 2 is 2.06 bits per heavy atom. The van der Waals surface area contributed by atoms with Crippen LogP contribution in [0.4, 0.5) is 10.1 Å². The van der Waals surface area contributed by atoms with Gasteiger partial charge >= 0.3 is 6.01 Å². The van der Waals surface area contributed by atoms with Gasteiger partial charge in [0.1, 0.15) is 18.4 Å².